The summed E-state index contributed by atoms with van der Waals surface area (Å²) in [7, 11) is 0. The molecule has 0 spiro atoms. The SMILES string of the molecule is Cc1cccc(C(CN)Cc2ccc(Br)s2)c1. The smallest absolute Gasteiger partial charge is 0.0701 e. The first-order valence-corrected chi connectivity index (χ1v) is 7.31. The average Bonchev–Trinajstić information content (AvgIpc) is 2.72. The van der Waals surface area contributed by atoms with Crippen molar-refractivity contribution in [2.45, 2.75) is 19.3 Å². The van der Waals surface area contributed by atoms with Crippen LogP contribution in [0.2, 0.25) is 0 Å². The Hall–Kier alpha value is -0.640. The van der Waals surface area contributed by atoms with Crippen molar-refractivity contribution in [3.05, 3.63) is 56.2 Å². The molecule has 0 aliphatic rings. The highest BCUT2D eigenvalue weighted by atomic mass is 79.9. The summed E-state index contributed by atoms with van der Waals surface area (Å²) in [6.07, 6.45) is 1.02. The molecule has 0 saturated carbocycles. The number of rotatable bonds is 4. The number of hydrogen-bond acceptors (Lipinski definition) is 2. The quantitative estimate of drug-likeness (QED) is 0.904. The van der Waals surface area contributed by atoms with Gasteiger partial charge in [0.05, 0.1) is 3.79 Å². The third-order valence-corrected chi connectivity index (χ3v) is 4.52. The van der Waals surface area contributed by atoms with Gasteiger partial charge in [-0.05, 0) is 53.5 Å². The predicted molar refractivity (Wildman–Crippen MR) is 78.7 cm³/mol. The van der Waals surface area contributed by atoms with E-state index in [1.54, 1.807) is 11.3 Å². The number of benzene rings is 1. The van der Waals surface area contributed by atoms with Gasteiger partial charge in [-0.25, -0.2) is 0 Å². The summed E-state index contributed by atoms with van der Waals surface area (Å²) in [5.74, 6) is 0.417. The van der Waals surface area contributed by atoms with Crippen LogP contribution in [0.3, 0.4) is 0 Å². The molecule has 0 bridgehead atoms. The van der Waals surface area contributed by atoms with E-state index < -0.39 is 0 Å². The third kappa shape index (κ3) is 3.41. The fourth-order valence-electron chi connectivity index (χ4n) is 1.97. The first kappa shape index (κ1) is 12.8. The summed E-state index contributed by atoms with van der Waals surface area (Å²) in [5.41, 5.74) is 8.55. The minimum Gasteiger partial charge on any atom is -0.330 e. The van der Waals surface area contributed by atoms with Crippen LogP contribution in [0.4, 0.5) is 0 Å². The Bertz CT molecular complexity index is 492. The molecular weight excluding hydrogens is 294 g/mol. The lowest BCUT2D eigenvalue weighted by Crippen LogP contribution is -2.14. The van der Waals surface area contributed by atoms with Crippen molar-refractivity contribution in [3.63, 3.8) is 0 Å². The van der Waals surface area contributed by atoms with E-state index in [-0.39, 0.29) is 0 Å². The largest absolute Gasteiger partial charge is 0.330 e. The second-order valence-electron chi connectivity index (χ2n) is 4.26. The molecule has 90 valence electrons. The molecule has 2 aromatic rings. The molecule has 0 aliphatic carbocycles. The lowest BCUT2D eigenvalue weighted by molar-refractivity contribution is 0.700. The van der Waals surface area contributed by atoms with E-state index in [2.05, 4.69) is 59.3 Å². The van der Waals surface area contributed by atoms with Crippen LogP contribution in [-0.2, 0) is 6.42 Å². The minimum absolute atomic E-state index is 0.417. The normalized spacial score (nSPS) is 12.6. The van der Waals surface area contributed by atoms with Gasteiger partial charge in [-0.15, -0.1) is 11.3 Å². The molecule has 1 aromatic carbocycles. The van der Waals surface area contributed by atoms with Gasteiger partial charge in [-0.2, -0.15) is 0 Å². The molecule has 0 radical (unpaired) electrons. The molecule has 17 heavy (non-hydrogen) atoms. The van der Waals surface area contributed by atoms with Crippen LogP contribution in [0, 0.1) is 6.92 Å². The van der Waals surface area contributed by atoms with Crippen molar-refractivity contribution < 1.29 is 0 Å². The van der Waals surface area contributed by atoms with E-state index in [1.807, 2.05) is 0 Å². The topological polar surface area (TPSA) is 26.0 Å². The van der Waals surface area contributed by atoms with Crippen LogP contribution in [-0.4, -0.2) is 6.54 Å². The number of hydrogen-bond donors (Lipinski definition) is 1. The van der Waals surface area contributed by atoms with Crippen molar-refractivity contribution in [2.75, 3.05) is 6.54 Å². The zero-order valence-corrected chi connectivity index (χ0v) is 12.2. The Morgan fingerprint density at radius 1 is 1.29 bits per heavy atom. The maximum atomic E-state index is 5.90. The molecule has 0 fully saturated rings. The third-order valence-electron chi connectivity index (χ3n) is 2.87. The molecule has 0 saturated heterocycles. The predicted octanol–water partition coefficient (Wildman–Crippen LogP) is 4.10. The Kier molecular flexibility index (Phi) is 4.37. The van der Waals surface area contributed by atoms with E-state index in [1.165, 1.54) is 19.8 Å². The molecule has 2 rings (SSSR count). The summed E-state index contributed by atoms with van der Waals surface area (Å²) < 4.78 is 1.19. The molecule has 0 aliphatic heterocycles. The highest BCUT2D eigenvalue weighted by Crippen LogP contribution is 2.27. The van der Waals surface area contributed by atoms with E-state index >= 15 is 0 Å². The van der Waals surface area contributed by atoms with Crippen LogP contribution in [0.5, 0.6) is 0 Å². The summed E-state index contributed by atoms with van der Waals surface area (Å²) in [6.45, 7) is 2.82. The summed E-state index contributed by atoms with van der Waals surface area (Å²) in [4.78, 5) is 1.38. The van der Waals surface area contributed by atoms with Gasteiger partial charge >= 0.3 is 0 Å². The van der Waals surface area contributed by atoms with E-state index in [0.717, 1.165) is 6.42 Å². The van der Waals surface area contributed by atoms with Crippen LogP contribution in [0.25, 0.3) is 0 Å². The van der Waals surface area contributed by atoms with Gasteiger partial charge in [-0.3, -0.25) is 0 Å². The fraction of sp³-hybridized carbons (Fsp3) is 0.286. The zero-order chi connectivity index (χ0) is 12.3. The Balaban J connectivity index is 2.16. The Labute approximate surface area is 115 Å². The van der Waals surface area contributed by atoms with Gasteiger partial charge < -0.3 is 5.73 Å². The first-order chi connectivity index (χ1) is 8.19. The first-order valence-electron chi connectivity index (χ1n) is 5.70. The summed E-state index contributed by atoms with van der Waals surface area (Å²) in [6, 6.07) is 12.9. The lowest BCUT2D eigenvalue weighted by Gasteiger charge is -2.14. The summed E-state index contributed by atoms with van der Waals surface area (Å²) in [5, 5.41) is 0. The van der Waals surface area contributed by atoms with Crippen molar-refractivity contribution in [3.8, 4) is 0 Å². The lowest BCUT2D eigenvalue weighted by atomic mass is 9.94. The summed E-state index contributed by atoms with van der Waals surface area (Å²) >= 11 is 5.29. The number of thiophene rings is 1. The van der Waals surface area contributed by atoms with Crippen LogP contribution < -0.4 is 5.73 Å². The van der Waals surface area contributed by atoms with Crippen LogP contribution in [0.1, 0.15) is 21.9 Å². The monoisotopic (exact) mass is 309 g/mol. The van der Waals surface area contributed by atoms with Gasteiger partial charge in [-0.1, -0.05) is 29.8 Å². The maximum absolute atomic E-state index is 5.90. The fourth-order valence-corrected chi connectivity index (χ4v) is 3.53. The van der Waals surface area contributed by atoms with E-state index in [0.29, 0.717) is 12.5 Å². The molecule has 1 atom stereocenters. The maximum Gasteiger partial charge on any atom is 0.0701 e. The Morgan fingerprint density at radius 2 is 2.12 bits per heavy atom. The standard InChI is InChI=1S/C14H16BrNS/c1-10-3-2-4-11(7-10)12(9-16)8-13-5-6-14(15)17-13/h2-7,12H,8-9,16H2,1H3. The second kappa shape index (κ2) is 5.80. The average molecular weight is 310 g/mol. The molecule has 0 amide bonds. The van der Waals surface area contributed by atoms with Gasteiger partial charge in [0.1, 0.15) is 0 Å². The van der Waals surface area contributed by atoms with Gasteiger partial charge in [0.15, 0.2) is 0 Å². The highest BCUT2D eigenvalue weighted by molar-refractivity contribution is 9.11. The zero-order valence-electron chi connectivity index (χ0n) is 9.82. The van der Waals surface area contributed by atoms with E-state index in [4.69, 9.17) is 5.73 Å². The number of halogens is 1. The van der Waals surface area contributed by atoms with Gasteiger partial charge in [0, 0.05) is 10.8 Å². The van der Waals surface area contributed by atoms with E-state index in [9.17, 15) is 0 Å². The molecule has 1 heterocycles. The van der Waals surface area contributed by atoms with Crippen LogP contribution >= 0.6 is 27.3 Å². The number of aryl methyl sites for hydroxylation is 1. The highest BCUT2D eigenvalue weighted by Gasteiger charge is 2.12. The van der Waals surface area contributed by atoms with Crippen molar-refractivity contribution in [2.24, 2.45) is 5.73 Å². The number of nitrogens with two attached hydrogens (primary N) is 1. The van der Waals surface area contributed by atoms with Crippen LogP contribution in [0.15, 0.2) is 40.2 Å². The molecule has 1 aromatic heterocycles. The molecule has 1 unspecified atom stereocenters. The molecule has 3 heteroatoms. The van der Waals surface area contributed by atoms with Crippen molar-refractivity contribution >= 4 is 27.3 Å². The Morgan fingerprint density at radius 3 is 2.71 bits per heavy atom. The minimum atomic E-state index is 0.417. The van der Waals surface area contributed by atoms with Gasteiger partial charge in [0.25, 0.3) is 0 Å². The van der Waals surface area contributed by atoms with Crippen molar-refractivity contribution in [1.82, 2.24) is 0 Å². The molecule has 2 N–H and O–H groups in total. The molecular formula is C14H16BrNS. The van der Waals surface area contributed by atoms with Gasteiger partial charge in [0.2, 0.25) is 0 Å². The second-order valence-corrected chi connectivity index (χ2v) is 6.80. The molecule has 1 nitrogen and oxygen atoms in total. The van der Waals surface area contributed by atoms with Crippen molar-refractivity contribution in [1.29, 1.82) is 0 Å².